The fourth-order valence-electron chi connectivity index (χ4n) is 4.71. The Morgan fingerprint density at radius 3 is 2.57 bits per heavy atom. The molecule has 0 spiro atoms. The number of nitrogens with zero attached hydrogens (tertiary/aromatic N) is 8. The van der Waals surface area contributed by atoms with Gasteiger partial charge in [-0.25, -0.2) is 33.6 Å². The van der Waals surface area contributed by atoms with E-state index in [1.54, 1.807) is 21.7 Å². The first-order chi connectivity index (χ1) is 20.1. The summed E-state index contributed by atoms with van der Waals surface area (Å²) in [5.74, 6) is 1.28. The number of carbonyl (C=O) groups excluding carboxylic acids is 1. The number of hydrogen-bond donors (Lipinski definition) is 1. The first-order valence-corrected chi connectivity index (χ1v) is 13.5. The quantitative estimate of drug-likeness (QED) is 0.304. The molecule has 1 aliphatic heterocycles. The predicted molar refractivity (Wildman–Crippen MR) is 155 cm³/mol. The first kappa shape index (κ1) is 27.1. The lowest BCUT2D eigenvalue weighted by Crippen LogP contribution is -2.50. The molecular formula is C29H30FN9O3. The molecule has 1 amide bonds. The van der Waals surface area contributed by atoms with Crippen LogP contribution in [0.3, 0.4) is 0 Å². The lowest BCUT2D eigenvalue weighted by molar-refractivity contribution is 0.0240. The summed E-state index contributed by atoms with van der Waals surface area (Å²) in [6.45, 7) is 9.02. The molecule has 0 radical (unpaired) electrons. The van der Waals surface area contributed by atoms with E-state index in [0.29, 0.717) is 60.3 Å². The molecule has 216 valence electrons. The van der Waals surface area contributed by atoms with Gasteiger partial charge >= 0.3 is 6.09 Å². The summed E-state index contributed by atoms with van der Waals surface area (Å²) in [6, 6.07) is 9.18. The van der Waals surface area contributed by atoms with Crippen molar-refractivity contribution in [2.24, 2.45) is 0 Å². The molecule has 6 rings (SSSR count). The van der Waals surface area contributed by atoms with Crippen molar-refractivity contribution >= 4 is 40.0 Å². The summed E-state index contributed by atoms with van der Waals surface area (Å²) in [5, 5.41) is 7.56. The van der Waals surface area contributed by atoms with E-state index >= 15 is 4.39 Å². The number of carbonyl (C=O) groups is 1. The monoisotopic (exact) mass is 571 g/mol. The summed E-state index contributed by atoms with van der Waals surface area (Å²) in [6.07, 6.45) is 5.79. The Kier molecular flexibility index (Phi) is 6.93. The van der Waals surface area contributed by atoms with Crippen molar-refractivity contribution in [1.29, 1.82) is 0 Å². The highest BCUT2D eigenvalue weighted by Crippen LogP contribution is 2.33. The van der Waals surface area contributed by atoms with Crippen LogP contribution in [0.4, 0.5) is 26.5 Å². The molecule has 1 fully saturated rings. The molecule has 1 N–H and O–H groups in total. The van der Waals surface area contributed by atoms with E-state index in [4.69, 9.17) is 9.47 Å². The number of fused-ring (bicyclic) bond motifs is 2. The van der Waals surface area contributed by atoms with Crippen molar-refractivity contribution in [2.75, 3.05) is 36.4 Å². The van der Waals surface area contributed by atoms with E-state index in [0.717, 1.165) is 5.56 Å². The van der Waals surface area contributed by atoms with E-state index in [-0.39, 0.29) is 17.3 Å². The third-order valence-corrected chi connectivity index (χ3v) is 6.75. The van der Waals surface area contributed by atoms with Crippen LogP contribution in [0, 0.1) is 12.7 Å². The first-order valence-electron chi connectivity index (χ1n) is 13.5. The van der Waals surface area contributed by atoms with Crippen molar-refractivity contribution in [3.8, 4) is 11.5 Å². The number of benzene rings is 1. The average molecular weight is 572 g/mol. The number of anilines is 3. The largest absolute Gasteiger partial charge is 0.457 e. The van der Waals surface area contributed by atoms with Crippen LogP contribution in [0.25, 0.3) is 16.6 Å². The van der Waals surface area contributed by atoms with Crippen LogP contribution < -0.4 is 15.0 Å². The molecule has 4 aromatic heterocycles. The highest BCUT2D eigenvalue weighted by Gasteiger charge is 2.28. The summed E-state index contributed by atoms with van der Waals surface area (Å²) >= 11 is 0. The van der Waals surface area contributed by atoms with Gasteiger partial charge in [-0.3, -0.25) is 0 Å². The maximum Gasteiger partial charge on any atom is 0.410 e. The molecule has 1 aromatic carbocycles. The molecule has 5 heterocycles. The third-order valence-electron chi connectivity index (χ3n) is 6.75. The number of amides is 1. The molecule has 13 heteroatoms. The number of ether oxygens (including phenoxy) is 2. The third kappa shape index (κ3) is 5.57. The average Bonchev–Trinajstić information content (AvgIpc) is 3.42. The van der Waals surface area contributed by atoms with Crippen molar-refractivity contribution in [3.05, 3.63) is 66.8 Å². The van der Waals surface area contributed by atoms with Crippen LogP contribution in [0.1, 0.15) is 26.3 Å². The van der Waals surface area contributed by atoms with Crippen molar-refractivity contribution in [1.82, 2.24) is 34.4 Å². The number of hydrogen-bond acceptors (Lipinski definition) is 10. The minimum atomic E-state index is -0.580. The minimum absolute atomic E-state index is 0.189. The van der Waals surface area contributed by atoms with Gasteiger partial charge in [0.25, 0.3) is 0 Å². The highest BCUT2D eigenvalue weighted by molar-refractivity contribution is 5.92. The van der Waals surface area contributed by atoms with Gasteiger partial charge in [0.1, 0.15) is 35.6 Å². The van der Waals surface area contributed by atoms with Crippen LogP contribution in [0.2, 0.25) is 0 Å². The number of aromatic nitrogens is 6. The molecule has 0 bridgehead atoms. The van der Waals surface area contributed by atoms with Crippen molar-refractivity contribution in [3.63, 3.8) is 0 Å². The SMILES string of the molecule is Cc1cc(Nc2ncnc3cnc(N4CCN(C(=O)OC(C)(C)C)CC4)c(F)c23)ccc1Oc1ccn2ncnc2c1. The number of aryl methyl sites for hydroxylation is 1. The van der Waals surface area contributed by atoms with Gasteiger partial charge in [0, 0.05) is 44.1 Å². The van der Waals surface area contributed by atoms with E-state index < -0.39 is 11.4 Å². The van der Waals surface area contributed by atoms with Gasteiger partial charge in [-0.2, -0.15) is 5.10 Å². The Morgan fingerprint density at radius 2 is 1.81 bits per heavy atom. The summed E-state index contributed by atoms with van der Waals surface area (Å²) in [5.41, 5.74) is 2.05. The van der Waals surface area contributed by atoms with Crippen molar-refractivity contribution < 1.29 is 18.7 Å². The standard InChI is InChI=1S/C29H30FN9O3/c1-18-13-19(5-6-22(18)41-20-7-8-39-23(14-20)33-17-35-39)36-26-24-21(32-16-34-26)15-31-27(25(24)30)37-9-11-38(12-10-37)28(40)42-29(2,3)4/h5-8,13-17H,9-12H2,1-4H3,(H,32,34,36). The van der Waals surface area contributed by atoms with E-state index in [1.807, 2.05) is 56.9 Å². The molecular weight excluding hydrogens is 541 g/mol. The fourth-order valence-corrected chi connectivity index (χ4v) is 4.71. The Morgan fingerprint density at radius 1 is 1.00 bits per heavy atom. The van der Waals surface area contributed by atoms with Gasteiger partial charge in [0.05, 0.1) is 17.1 Å². The molecule has 0 unspecified atom stereocenters. The van der Waals surface area contributed by atoms with Crippen LogP contribution in [0.15, 0.2) is 55.4 Å². The molecule has 5 aromatic rings. The van der Waals surface area contributed by atoms with Crippen LogP contribution in [-0.2, 0) is 4.74 Å². The second kappa shape index (κ2) is 10.7. The van der Waals surface area contributed by atoms with Crippen LogP contribution in [0.5, 0.6) is 11.5 Å². The molecule has 1 aliphatic rings. The van der Waals surface area contributed by atoms with Crippen molar-refractivity contribution in [2.45, 2.75) is 33.3 Å². The minimum Gasteiger partial charge on any atom is -0.457 e. The molecule has 12 nitrogen and oxygen atoms in total. The fraction of sp³-hybridized carbons (Fsp3) is 0.310. The maximum absolute atomic E-state index is 16.0. The Labute approximate surface area is 241 Å². The van der Waals surface area contributed by atoms with E-state index in [9.17, 15) is 4.79 Å². The zero-order chi connectivity index (χ0) is 29.4. The number of nitrogens with one attached hydrogen (secondary N) is 1. The number of pyridine rings is 2. The molecule has 1 saturated heterocycles. The molecule has 0 saturated carbocycles. The second-order valence-electron chi connectivity index (χ2n) is 11.0. The predicted octanol–water partition coefficient (Wildman–Crippen LogP) is 5.11. The normalized spacial score (nSPS) is 13.9. The van der Waals surface area contributed by atoms with Crippen LogP contribution >= 0.6 is 0 Å². The number of halogens is 1. The molecule has 0 aliphatic carbocycles. The summed E-state index contributed by atoms with van der Waals surface area (Å²) < 4.78 is 29.2. The smallest absolute Gasteiger partial charge is 0.410 e. The van der Waals surface area contributed by atoms with E-state index in [2.05, 4.69) is 30.4 Å². The van der Waals surface area contributed by atoms with Gasteiger partial charge in [-0.1, -0.05) is 0 Å². The summed E-state index contributed by atoms with van der Waals surface area (Å²) in [4.78, 5) is 33.0. The van der Waals surface area contributed by atoms with Gasteiger partial charge in [-0.05, 0) is 57.5 Å². The topological polar surface area (TPSA) is 123 Å². The van der Waals surface area contributed by atoms with E-state index in [1.165, 1.54) is 18.9 Å². The lowest BCUT2D eigenvalue weighted by atomic mass is 10.2. The van der Waals surface area contributed by atoms with Gasteiger partial charge in [-0.15, -0.1) is 0 Å². The maximum atomic E-state index is 16.0. The van der Waals surface area contributed by atoms with Gasteiger partial charge < -0.3 is 24.6 Å². The molecule has 42 heavy (non-hydrogen) atoms. The Bertz CT molecular complexity index is 1780. The van der Waals surface area contributed by atoms with Crippen LogP contribution in [-0.4, -0.2) is 72.3 Å². The lowest BCUT2D eigenvalue weighted by Gasteiger charge is -2.36. The zero-order valence-corrected chi connectivity index (χ0v) is 23.7. The Hall–Kier alpha value is -5.07. The summed E-state index contributed by atoms with van der Waals surface area (Å²) in [7, 11) is 0. The number of piperazine rings is 1. The zero-order valence-electron chi connectivity index (χ0n) is 23.7. The van der Waals surface area contributed by atoms with Gasteiger partial charge in [0.15, 0.2) is 17.3 Å². The second-order valence-corrected chi connectivity index (χ2v) is 11.0. The van der Waals surface area contributed by atoms with Gasteiger partial charge in [0.2, 0.25) is 0 Å². The number of rotatable bonds is 5. The molecule has 0 atom stereocenters. The highest BCUT2D eigenvalue weighted by atomic mass is 19.1. The Balaban J connectivity index is 1.20.